The van der Waals surface area contributed by atoms with Gasteiger partial charge in [0, 0.05) is 25.0 Å². The highest BCUT2D eigenvalue weighted by molar-refractivity contribution is 6.32. The molecule has 0 spiro atoms. The summed E-state index contributed by atoms with van der Waals surface area (Å²) in [6.07, 6.45) is 4.19. The van der Waals surface area contributed by atoms with Crippen LogP contribution < -0.4 is 10.6 Å². The van der Waals surface area contributed by atoms with E-state index in [1.54, 1.807) is 30.6 Å². The van der Waals surface area contributed by atoms with Gasteiger partial charge in [-0.3, -0.25) is 9.59 Å². The van der Waals surface area contributed by atoms with Gasteiger partial charge in [0.15, 0.2) is 11.6 Å². The van der Waals surface area contributed by atoms with Crippen LogP contribution in [0.5, 0.6) is 0 Å². The maximum Gasteiger partial charge on any atom is 0.241 e. The number of halogens is 1. The Labute approximate surface area is 138 Å². The number of aromatic nitrogens is 3. The van der Waals surface area contributed by atoms with Crippen LogP contribution in [0.3, 0.4) is 0 Å². The minimum absolute atomic E-state index is 0.232. The molecule has 2 aromatic rings. The molecular weight excluding hydrogens is 318 g/mol. The lowest BCUT2D eigenvalue weighted by molar-refractivity contribution is -0.137. The smallest absolute Gasteiger partial charge is 0.241 e. The van der Waals surface area contributed by atoms with Crippen molar-refractivity contribution in [1.82, 2.24) is 20.1 Å². The SMILES string of the molecule is CCC1(C(=O)Nc2ccn(-c3ncccc3Cl)n2)CCNC1=O. The standard InChI is InChI=1S/C15H16ClN5O2/c1-2-15(6-8-18-13(15)22)14(23)19-11-5-9-21(20-11)12-10(16)4-3-7-17-12/h3-5,7,9H,2,6,8H2,1H3,(H,18,22)(H,19,20,23). The van der Waals surface area contributed by atoms with Crippen molar-refractivity contribution in [2.75, 3.05) is 11.9 Å². The monoisotopic (exact) mass is 333 g/mol. The molecule has 2 N–H and O–H groups in total. The van der Waals surface area contributed by atoms with Gasteiger partial charge in [-0.15, -0.1) is 5.10 Å². The van der Waals surface area contributed by atoms with Crippen molar-refractivity contribution in [3.8, 4) is 5.82 Å². The predicted molar refractivity (Wildman–Crippen MR) is 85.3 cm³/mol. The number of pyridine rings is 1. The molecule has 1 atom stereocenters. The number of hydrogen-bond acceptors (Lipinski definition) is 4. The highest BCUT2D eigenvalue weighted by atomic mass is 35.5. The maximum absolute atomic E-state index is 12.5. The van der Waals surface area contributed by atoms with E-state index < -0.39 is 5.41 Å². The molecule has 3 rings (SSSR count). The average Bonchev–Trinajstić information content (AvgIpc) is 3.15. The first kappa shape index (κ1) is 15.5. The topological polar surface area (TPSA) is 88.9 Å². The van der Waals surface area contributed by atoms with Crippen LogP contribution in [0.1, 0.15) is 19.8 Å². The van der Waals surface area contributed by atoms with Gasteiger partial charge in [0.25, 0.3) is 0 Å². The van der Waals surface area contributed by atoms with Crippen LogP contribution in [0.15, 0.2) is 30.6 Å². The van der Waals surface area contributed by atoms with Crippen LogP contribution in [0.25, 0.3) is 5.82 Å². The Morgan fingerprint density at radius 3 is 3.00 bits per heavy atom. The zero-order valence-electron chi connectivity index (χ0n) is 12.5. The second-order valence-electron chi connectivity index (χ2n) is 5.35. The van der Waals surface area contributed by atoms with Gasteiger partial charge >= 0.3 is 0 Å². The molecule has 1 fully saturated rings. The summed E-state index contributed by atoms with van der Waals surface area (Å²) in [6.45, 7) is 2.34. The number of nitrogens with one attached hydrogen (secondary N) is 2. The number of carbonyl (C=O) groups is 2. The van der Waals surface area contributed by atoms with E-state index in [0.717, 1.165) is 0 Å². The zero-order valence-corrected chi connectivity index (χ0v) is 13.3. The van der Waals surface area contributed by atoms with Crippen LogP contribution in [0.4, 0.5) is 5.82 Å². The van der Waals surface area contributed by atoms with E-state index in [-0.39, 0.29) is 11.8 Å². The molecule has 2 aromatic heterocycles. The third-order valence-corrected chi connectivity index (χ3v) is 4.39. The van der Waals surface area contributed by atoms with E-state index in [9.17, 15) is 9.59 Å². The molecule has 2 amide bonds. The summed E-state index contributed by atoms with van der Waals surface area (Å²) in [5, 5.41) is 10.1. The van der Waals surface area contributed by atoms with E-state index in [1.807, 2.05) is 6.92 Å². The first-order valence-electron chi connectivity index (χ1n) is 7.33. The lowest BCUT2D eigenvalue weighted by Crippen LogP contribution is -2.42. The first-order chi connectivity index (χ1) is 11.1. The van der Waals surface area contributed by atoms with Crippen LogP contribution >= 0.6 is 11.6 Å². The molecular formula is C15H16ClN5O2. The summed E-state index contributed by atoms with van der Waals surface area (Å²) in [7, 11) is 0. The normalized spacial score (nSPS) is 20.3. The van der Waals surface area contributed by atoms with Crippen molar-refractivity contribution in [3.05, 3.63) is 35.6 Å². The molecule has 0 radical (unpaired) electrons. The highest BCUT2D eigenvalue weighted by Crippen LogP contribution is 2.32. The van der Waals surface area contributed by atoms with Gasteiger partial charge < -0.3 is 10.6 Å². The Morgan fingerprint density at radius 2 is 2.35 bits per heavy atom. The molecule has 3 heterocycles. The fourth-order valence-corrected chi connectivity index (χ4v) is 2.89. The molecule has 7 nitrogen and oxygen atoms in total. The summed E-state index contributed by atoms with van der Waals surface area (Å²) in [6, 6.07) is 5.07. The molecule has 0 aliphatic carbocycles. The van der Waals surface area contributed by atoms with Gasteiger partial charge in [-0.05, 0) is 25.0 Å². The second kappa shape index (κ2) is 6.00. The molecule has 1 saturated heterocycles. The number of carbonyl (C=O) groups excluding carboxylic acids is 2. The maximum atomic E-state index is 12.5. The lowest BCUT2D eigenvalue weighted by Gasteiger charge is -2.22. The quantitative estimate of drug-likeness (QED) is 0.835. The molecule has 0 aromatic carbocycles. The van der Waals surface area contributed by atoms with Gasteiger partial charge in [0.2, 0.25) is 11.8 Å². The number of hydrogen-bond donors (Lipinski definition) is 2. The highest BCUT2D eigenvalue weighted by Gasteiger charge is 2.47. The summed E-state index contributed by atoms with van der Waals surface area (Å²) in [4.78, 5) is 28.7. The van der Waals surface area contributed by atoms with Gasteiger partial charge in [-0.25, -0.2) is 9.67 Å². The summed E-state index contributed by atoms with van der Waals surface area (Å²) < 4.78 is 1.48. The van der Waals surface area contributed by atoms with Crippen LogP contribution in [-0.4, -0.2) is 33.1 Å². The van der Waals surface area contributed by atoms with Crippen LogP contribution in [0.2, 0.25) is 5.02 Å². The Hall–Kier alpha value is -2.41. The van der Waals surface area contributed by atoms with Crippen molar-refractivity contribution < 1.29 is 9.59 Å². The van der Waals surface area contributed by atoms with E-state index in [4.69, 9.17) is 11.6 Å². The molecule has 8 heteroatoms. The van der Waals surface area contributed by atoms with E-state index in [2.05, 4.69) is 20.7 Å². The third kappa shape index (κ3) is 2.68. The van der Waals surface area contributed by atoms with Crippen LogP contribution in [-0.2, 0) is 9.59 Å². The summed E-state index contributed by atoms with van der Waals surface area (Å²) in [5.74, 6) is 0.250. The Balaban J connectivity index is 1.81. The first-order valence-corrected chi connectivity index (χ1v) is 7.71. The number of nitrogens with zero attached hydrogens (tertiary/aromatic N) is 3. The summed E-state index contributed by atoms with van der Waals surface area (Å²) >= 11 is 6.08. The summed E-state index contributed by atoms with van der Waals surface area (Å²) in [5.41, 5.74) is -1.02. The molecule has 0 saturated carbocycles. The van der Waals surface area contributed by atoms with E-state index in [0.29, 0.717) is 36.0 Å². The van der Waals surface area contributed by atoms with Gasteiger partial charge in [-0.1, -0.05) is 18.5 Å². The minimum Gasteiger partial charge on any atom is -0.355 e. The lowest BCUT2D eigenvalue weighted by atomic mass is 9.82. The van der Waals surface area contributed by atoms with Gasteiger partial charge in [-0.2, -0.15) is 0 Å². The number of amides is 2. The Kier molecular flexibility index (Phi) is 4.04. The molecule has 1 unspecified atom stereocenters. The Bertz CT molecular complexity index is 760. The van der Waals surface area contributed by atoms with E-state index in [1.165, 1.54) is 4.68 Å². The van der Waals surface area contributed by atoms with Crippen molar-refractivity contribution >= 4 is 29.2 Å². The van der Waals surface area contributed by atoms with E-state index >= 15 is 0 Å². The molecule has 1 aliphatic heterocycles. The third-order valence-electron chi connectivity index (χ3n) is 4.10. The fraction of sp³-hybridized carbons (Fsp3) is 0.333. The Morgan fingerprint density at radius 1 is 1.52 bits per heavy atom. The fourth-order valence-electron chi connectivity index (χ4n) is 2.68. The molecule has 0 bridgehead atoms. The molecule has 23 heavy (non-hydrogen) atoms. The van der Waals surface area contributed by atoms with Crippen LogP contribution in [0, 0.1) is 5.41 Å². The molecule has 120 valence electrons. The minimum atomic E-state index is -1.02. The van der Waals surface area contributed by atoms with Crippen molar-refractivity contribution in [1.29, 1.82) is 0 Å². The van der Waals surface area contributed by atoms with Gasteiger partial charge in [0.05, 0.1) is 5.02 Å². The second-order valence-corrected chi connectivity index (χ2v) is 5.76. The van der Waals surface area contributed by atoms with Crippen molar-refractivity contribution in [2.24, 2.45) is 5.41 Å². The zero-order chi connectivity index (χ0) is 16.4. The van der Waals surface area contributed by atoms with Crippen molar-refractivity contribution in [3.63, 3.8) is 0 Å². The van der Waals surface area contributed by atoms with Gasteiger partial charge in [0.1, 0.15) is 5.41 Å². The number of anilines is 1. The van der Waals surface area contributed by atoms with Crippen molar-refractivity contribution in [2.45, 2.75) is 19.8 Å². The predicted octanol–water partition coefficient (Wildman–Crippen LogP) is 1.78. The molecule has 1 aliphatic rings. The largest absolute Gasteiger partial charge is 0.355 e. The number of rotatable bonds is 4. The average molecular weight is 334 g/mol.